The molecular weight excluding hydrogens is 234 g/mol. The summed E-state index contributed by atoms with van der Waals surface area (Å²) in [5.74, 6) is 3.34. The van der Waals surface area contributed by atoms with Crippen molar-refractivity contribution in [2.24, 2.45) is 11.8 Å². The van der Waals surface area contributed by atoms with Crippen LogP contribution < -0.4 is 10.1 Å². The first-order chi connectivity index (χ1) is 9.26. The molecule has 104 valence electrons. The van der Waals surface area contributed by atoms with E-state index in [9.17, 15) is 0 Å². The number of methoxy groups -OCH3 is 1. The molecule has 1 saturated carbocycles. The van der Waals surface area contributed by atoms with Gasteiger partial charge in [0.25, 0.3) is 0 Å². The van der Waals surface area contributed by atoms with Gasteiger partial charge in [0.2, 0.25) is 0 Å². The van der Waals surface area contributed by atoms with Crippen molar-refractivity contribution in [3.8, 4) is 5.75 Å². The van der Waals surface area contributed by atoms with Crippen molar-refractivity contribution < 1.29 is 4.74 Å². The molecule has 0 saturated heterocycles. The van der Waals surface area contributed by atoms with Crippen LogP contribution >= 0.6 is 0 Å². The molecule has 0 spiro atoms. The van der Waals surface area contributed by atoms with Crippen molar-refractivity contribution >= 4 is 0 Å². The van der Waals surface area contributed by atoms with Crippen LogP contribution in [-0.4, -0.2) is 19.7 Å². The van der Waals surface area contributed by atoms with Gasteiger partial charge in [0.15, 0.2) is 0 Å². The Hall–Kier alpha value is -1.02. The molecule has 4 unspecified atom stereocenters. The number of nitrogens with one attached hydrogen (secondary N) is 1. The van der Waals surface area contributed by atoms with Gasteiger partial charge < -0.3 is 10.1 Å². The zero-order chi connectivity index (χ0) is 13.4. The third-order valence-electron chi connectivity index (χ3n) is 5.14. The Morgan fingerprint density at radius 1 is 1.37 bits per heavy atom. The maximum Gasteiger partial charge on any atom is 0.119 e. The summed E-state index contributed by atoms with van der Waals surface area (Å²) in [7, 11) is 1.76. The van der Waals surface area contributed by atoms with Gasteiger partial charge in [0.05, 0.1) is 7.11 Å². The van der Waals surface area contributed by atoms with Gasteiger partial charge in [-0.15, -0.1) is 0 Å². The molecule has 1 fully saturated rings. The first kappa shape index (κ1) is 13.0. The Labute approximate surface area is 116 Å². The topological polar surface area (TPSA) is 21.3 Å². The Balaban J connectivity index is 1.82. The quantitative estimate of drug-likeness (QED) is 0.895. The average molecular weight is 259 g/mol. The fourth-order valence-corrected chi connectivity index (χ4v) is 4.16. The zero-order valence-electron chi connectivity index (χ0n) is 12.3. The predicted molar refractivity (Wildman–Crippen MR) is 78.8 cm³/mol. The summed E-state index contributed by atoms with van der Waals surface area (Å²) in [6.07, 6.45) is 3.80. The molecule has 0 aliphatic heterocycles. The first-order valence-electron chi connectivity index (χ1n) is 7.66. The van der Waals surface area contributed by atoms with Crippen LogP contribution in [0.25, 0.3) is 0 Å². The molecule has 1 aromatic carbocycles. The van der Waals surface area contributed by atoms with Crippen molar-refractivity contribution in [2.75, 3.05) is 13.7 Å². The normalized spacial score (nSPS) is 32.2. The molecule has 2 aliphatic rings. The summed E-state index contributed by atoms with van der Waals surface area (Å²) in [6.45, 7) is 5.81. The highest BCUT2D eigenvalue weighted by atomic mass is 16.5. The van der Waals surface area contributed by atoms with Crippen molar-refractivity contribution in [3.05, 3.63) is 29.3 Å². The molecule has 2 nitrogen and oxygen atoms in total. The summed E-state index contributed by atoms with van der Waals surface area (Å²) in [5, 5.41) is 3.75. The lowest BCUT2D eigenvalue weighted by Gasteiger charge is -2.54. The third-order valence-corrected chi connectivity index (χ3v) is 5.14. The fraction of sp³-hybridized carbons (Fsp3) is 0.647. The van der Waals surface area contributed by atoms with Gasteiger partial charge in [-0.25, -0.2) is 0 Å². The number of hydrogen-bond donors (Lipinski definition) is 1. The van der Waals surface area contributed by atoms with Gasteiger partial charge in [-0.05, 0) is 66.8 Å². The molecule has 1 N–H and O–H groups in total. The van der Waals surface area contributed by atoms with Crippen LogP contribution in [-0.2, 0) is 6.42 Å². The molecule has 1 aromatic rings. The van der Waals surface area contributed by atoms with Crippen LogP contribution in [0.2, 0.25) is 0 Å². The van der Waals surface area contributed by atoms with Crippen LogP contribution in [0.15, 0.2) is 18.2 Å². The summed E-state index contributed by atoms with van der Waals surface area (Å²) in [5.41, 5.74) is 3.10. The molecule has 19 heavy (non-hydrogen) atoms. The number of hydrogen-bond acceptors (Lipinski definition) is 2. The highest BCUT2D eigenvalue weighted by Gasteiger charge is 2.49. The largest absolute Gasteiger partial charge is 0.497 e. The SMILES string of the molecule is CCCNC1C(C)C2c3cc(OC)ccc3CCC12. The molecule has 0 aromatic heterocycles. The molecule has 2 heteroatoms. The van der Waals surface area contributed by atoms with E-state index in [2.05, 4.69) is 37.4 Å². The van der Waals surface area contributed by atoms with Crippen LogP contribution in [0.4, 0.5) is 0 Å². The van der Waals surface area contributed by atoms with Crippen LogP contribution in [0.5, 0.6) is 5.75 Å². The third kappa shape index (κ3) is 2.06. The second-order valence-electron chi connectivity index (χ2n) is 6.13. The molecule has 0 amide bonds. The van der Waals surface area contributed by atoms with Crippen molar-refractivity contribution in [2.45, 2.75) is 45.1 Å². The number of rotatable bonds is 4. The van der Waals surface area contributed by atoms with Gasteiger partial charge in [-0.3, -0.25) is 0 Å². The van der Waals surface area contributed by atoms with E-state index >= 15 is 0 Å². The van der Waals surface area contributed by atoms with E-state index in [4.69, 9.17) is 4.74 Å². The van der Waals surface area contributed by atoms with Gasteiger partial charge >= 0.3 is 0 Å². The van der Waals surface area contributed by atoms with Crippen LogP contribution in [0.1, 0.15) is 43.7 Å². The Kier molecular flexibility index (Phi) is 3.53. The lowest BCUT2D eigenvalue weighted by atomic mass is 9.54. The zero-order valence-corrected chi connectivity index (χ0v) is 12.3. The molecule has 0 bridgehead atoms. The smallest absolute Gasteiger partial charge is 0.119 e. The van der Waals surface area contributed by atoms with Crippen LogP contribution in [0.3, 0.4) is 0 Å². The highest BCUT2D eigenvalue weighted by Crippen LogP contribution is 2.53. The number of ether oxygens (including phenoxy) is 1. The maximum absolute atomic E-state index is 5.40. The van der Waals surface area contributed by atoms with E-state index in [1.165, 1.54) is 19.3 Å². The van der Waals surface area contributed by atoms with Crippen molar-refractivity contribution in [3.63, 3.8) is 0 Å². The van der Waals surface area contributed by atoms with Gasteiger partial charge in [-0.1, -0.05) is 19.9 Å². The second kappa shape index (κ2) is 5.16. The maximum atomic E-state index is 5.40. The second-order valence-corrected chi connectivity index (χ2v) is 6.13. The minimum atomic E-state index is 0.726. The fourth-order valence-electron chi connectivity index (χ4n) is 4.16. The van der Waals surface area contributed by atoms with E-state index in [1.54, 1.807) is 18.2 Å². The minimum absolute atomic E-state index is 0.726. The minimum Gasteiger partial charge on any atom is -0.497 e. The lowest BCUT2D eigenvalue weighted by molar-refractivity contribution is 0.0662. The number of aryl methyl sites for hydroxylation is 1. The van der Waals surface area contributed by atoms with Crippen molar-refractivity contribution in [1.82, 2.24) is 5.32 Å². The van der Waals surface area contributed by atoms with Gasteiger partial charge in [0, 0.05) is 6.04 Å². The summed E-state index contributed by atoms with van der Waals surface area (Å²) in [4.78, 5) is 0. The first-order valence-corrected chi connectivity index (χ1v) is 7.66. The van der Waals surface area contributed by atoms with Crippen LogP contribution in [0, 0.1) is 11.8 Å². The van der Waals surface area contributed by atoms with Crippen molar-refractivity contribution in [1.29, 1.82) is 0 Å². The van der Waals surface area contributed by atoms with E-state index in [1.807, 2.05) is 0 Å². The van der Waals surface area contributed by atoms with E-state index in [0.29, 0.717) is 0 Å². The standard InChI is InChI=1S/C17H25NO/c1-4-9-18-17-11(2)16-14(17)8-6-12-5-7-13(19-3)10-15(12)16/h5,7,10-11,14,16-18H,4,6,8-9H2,1-3H3. The van der Waals surface area contributed by atoms with E-state index < -0.39 is 0 Å². The Morgan fingerprint density at radius 3 is 2.95 bits per heavy atom. The molecule has 3 rings (SSSR count). The molecular formula is C17H25NO. The summed E-state index contributed by atoms with van der Waals surface area (Å²) >= 11 is 0. The predicted octanol–water partition coefficient (Wildman–Crippen LogP) is 3.36. The van der Waals surface area contributed by atoms with E-state index in [-0.39, 0.29) is 0 Å². The molecule has 4 atom stereocenters. The molecule has 2 aliphatic carbocycles. The van der Waals surface area contributed by atoms with E-state index in [0.717, 1.165) is 36.1 Å². The Bertz CT molecular complexity index is 457. The molecule has 0 heterocycles. The van der Waals surface area contributed by atoms with Gasteiger partial charge in [-0.2, -0.15) is 0 Å². The summed E-state index contributed by atoms with van der Waals surface area (Å²) in [6, 6.07) is 7.38. The molecule has 0 radical (unpaired) electrons. The lowest BCUT2D eigenvalue weighted by Crippen LogP contribution is -2.57. The summed E-state index contributed by atoms with van der Waals surface area (Å²) < 4.78 is 5.40. The highest BCUT2D eigenvalue weighted by molar-refractivity contribution is 5.42. The van der Waals surface area contributed by atoms with Gasteiger partial charge in [0.1, 0.15) is 5.75 Å². The Morgan fingerprint density at radius 2 is 2.21 bits per heavy atom. The number of benzene rings is 1. The average Bonchev–Trinajstić information content (AvgIpc) is 2.45. The monoisotopic (exact) mass is 259 g/mol. The number of fused-ring (bicyclic) bond motifs is 3.